The van der Waals surface area contributed by atoms with E-state index in [4.69, 9.17) is 5.73 Å². The fourth-order valence-electron chi connectivity index (χ4n) is 3.59. The van der Waals surface area contributed by atoms with Gasteiger partial charge in [-0.1, -0.05) is 12.8 Å². The molecule has 0 radical (unpaired) electrons. The summed E-state index contributed by atoms with van der Waals surface area (Å²) in [6, 6.07) is 1.83. The summed E-state index contributed by atoms with van der Waals surface area (Å²) in [7, 11) is -2.55. The first kappa shape index (κ1) is 19.6. The van der Waals surface area contributed by atoms with Gasteiger partial charge in [-0.05, 0) is 76.8 Å². The van der Waals surface area contributed by atoms with Crippen molar-refractivity contribution >= 4 is 18.7 Å². The summed E-state index contributed by atoms with van der Waals surface area (Å²) < 4.78 is 28.5. The van der Waals surface area contributed by atoms with E-state index in [-0.39, 0.29) is 0 Å². The summed E-state index contributed by atoms with van der Waals surface area (Å²) in [5, 5.41) is 0. The van der Waals surface area contributed by atoms with Crippen LogP contribution >= 0.6 is 0 Å². The summed E-state index contributed by atoms with van der Waals surface area (Å²) in [5.41, 5.74) is 11.4. The minimum atomic E-state index is -2.55. The fraction of sp³-hybridized carbons (Fsp3) is 0.526. The molecule has 0 spiro atoms. The molecule has 0 saturated heterocycles. The van der Waals surface area contributed by atoms with E-state index in [1.165, 1.54) is 0 Å². The summed E-state index contributed by atoms with van der Waals surface area (Å²) in [4.78, 5) is 4.64. The monoisotopic (exact) mass is 347 g/mol. The predicted octanol–water partition coefficient (Wildman–Crippen LogP) is 4.92. The minimum Gasteiger partial charge on any atom is -0.330 e. The Balaban J connectivity index is 2.44. The van der Waals surface area contributed by atoms with E-state index in [0.717, 1.165) is 64.7 Å². The Morgan fingerprint density at radius 2 is 1.80 bits per heavy atom. The Labute approximate surface area is 149 Å². The molecule has 0 fully saturated rings. The normalized spacial score (nSPS) is 16.1. The molecule has 0 atom stereocenters. The van der Waals surface area contributed by atoms with E-state index in [0.29, 0.717) is 17.9 Å². The van der Waals surface area contributed by atoms with Crippen LogP contribution in [0.3, 0.4) is 0 Å². The van der Waals surface area contributed by atoms with Gasteiger partial charge in [0.05, 0.1) is 5.70 Å². The molecule has 6 heteroatoms. The van der Waals surface area contributed by atoms with Crippen LogP contribution in [-0.2, 0) is 0 Å². The fourth-order valence-corrected chi connectivity index (χ4v) is 3.59. The lowest BCUT2D eigenvalue weighted by Gasteiger charge is -2.16. The Kier molecular flexibility index (Phi) is 6.76. The molecule has 2 rings (SSSR count). The summed E-state index contributed by atoms with van der Waals surface area (Å²) in [6.45, 7) is 8.28. The van der Waals surface area contributed by atoms with E-state index in [2.05, 4.69) is 4.99 Å². The van der Waals surface area contributed by atoms with E-state index >= 15 is 0 Å². The van der Waals surface area contributed by atoms with Gasteiger partial charge >= 0.3 is 7.40 Å². The first-order valence-corrected chi connectivity index (χ1v) is 9.01. The number of aliphatic imine (C=N–C) groups is 1. The van der Waals surface area contributed by atoms with Gasteiger partial charge in [-0.25, -0.2) is 0 Å². The number of halogens is 2. The molecular formula is C19H28BF2N3. The first-order chi connectivity index (χ1) is 11.9. The highest BCUT2D eigenvalue weighted by atomic mass is 19.2. The average Bonchev–Trinajstić information content (AvgIpc) is 3.01. The van der Waals surface area contributed by atoms with Crippen molar-refractivity contribution in [2.45, 2.75) is 59.8 Å². The SMILES string of the molecule is CC1=CC(C)=NC1=C(CCCCCCN)c1c(C)cc(C)n1B(F)F. The second kappa shape index (κ2) is 8.61. The first-order valence-electron chi connectivity index (χ1n) is 9.01. The molecule has 0 bridgehead atoms. The zero-order valence-corrected chi connectivity index (χ0v) is 15.7. The quantitative estimate of drug-likeness (QED) is 0.526. The molecule has 2 N–H and O–H groups in total. The maximum absolute atomic E-state index is 13.7. The number of unbranched alkanes of at least 4 members (excludes halogenated alkanes) is 3. The topological polar surface area (TPSA) is 43.3 Å². The van der Waals surface area contributed by atoms with Crippen molar-refractivity contribution in [3.8, 4) is 0 Å². The van der Waals surface area contributed by atoms with Crippen molar-refractivity contribution in [2.24, 2.45) is 10.7 Å². The molecule has 1 aliphatic heterocycles. The lowest BCUT2D eigenvalue weighted by molar-refractivity contribution is 0.621. The van der Waals surface area contributed by atoms with Crippen molar-refractivity contribution < 1.29 is 8.63 Å². The lowest BCUT2D eigenvalue weighted by atomic mass is 9.96. The molecule has 0 saturated carbocycles. The van der Waals surface area contributed by atoms with Crippen LogP contribution in [-0.4, -0.2) is 24.1 Å². The number of hydrogen-bond donors (Lipinski definition) is 1. The van der Waals surface area contributed by atoms with Crippen molar-refractivity contribution in [1.82, 2.24) is 4.48 Å². The zero-order valence-electron chi connectivity index (χ0n) is 15.7. The highest BCUT2D eigenvalue weighted by Gasteiger charge is 2.28. The van der Waals surface area contributed by atoms with Crippen LogP contribution in [0.2, 0.25) is 0 Å². The van der Waals surface area contributed by atoms with Crippen molar-refractivity contribution in [1.29, 1.82) is 0 Å². The van der Waals surface area contributed by atoms with E-state index in [9.17, 15) is 8.63 Å². The molecule has 1 aliphatic rings. The van der Waals surface area contributed by atoms with Gasteiger partial charge < -0.3 is 10.2 Å². The van der Waals surface area contributed by atoms with Gasteiger partial charge in [0.15, 0.2) is 0 Å². The molecule has 1 aromatic rings. The number of aromatic nitrogens is 1. The van der Waals surface area contributed by atoms with Gasteiger partial charge in [0.2, 0.25) is 0 Å². The van der Waals surface area contributed by atoms with E-state index in [1.807, 2.05) is 32.9 Å². The molecule has 2 heterocycles. The van der Waals surface area contributed by atoms with Crippen LogP contribution in [0.15, 0.2) is 28.4 Å². The second-order valence-electron chi connectivity index (χ2n) is 6.83. The highest BCUT2D eigenvalue weighted by Crippen LogP contribution is 2.35. The molecule has 0 unspecified atom stereocenters. The molecule has 25 heavy (non-hydrogen) atoms. The molecule has 0 amide bonds. The molecule has 136 valence electrons. The van der Waals surface area contributed by atoms with Crippen LogP contribution < -0.4 is 5.73 Å². The van der Waals surface area contributed by atoms with Crippen molar-refractivity contribution in [3.63, 3.8) is 0 Å². The number of nitrogens with zero attached hydrogens (tertiary/aromatic N) is 2. The standard InChI is InChI=1S/C19H28BF2N3/c1-13-11-15(3)24-18(13)17(9-7-5-6-8-10-23)19-14(2)12-16(4)25(19)20(21)22/h11-12H,5-10,23H2,1-4H3. The lowest BCUT2D eigenvalue weighted by Crippen LogP contribution is -2.18. The van der Waals surface area contributed by atoms with Gasteiger partial charge in [-0.2, -0.15) is 0 Å². The summed E-state index contributed by atoms with van der Waals surface area (Å²) in [6.07, 6.45) is 6.85. The third-order valence-electron chi connectivity index (χ3n) is 4.65. The Morgan fingerprint density at radius 1 is 1.12 bits per heavy atom. The van der Waals surface area contributed by atoms with Crippen LogP contribution in [0, 0.1) is 13.8 Å². The van der Waals surface area contributed by atoms with Crippen LogP contribution in [0.25, 0.3) is 5.57 Å². The number of hydrogen-bond acceptors (Lipinski definition) is 2. The molecule has 0 aromatic carbocycles. The van der Waals surface area contributed by atoms with Crippen molar-refractivity contribution in [2.75, 3.05) is 6.54 Å². The largest absolute Gasteiger partial charge is 0.677 e. The summed E-state index contributed by atoms with van der Waals surface area (Å²) in [5.74, 6) is 0. The second-order valence-corrected chi connectivity index (χ2v) is 6.83. The third-order valence-corrected chi connectivity index (χ3v) is 4.65. The Morgan fingerprint density at radius 3 is 2.36 bits per heavy atom. The van der Waals surface area contributed by atoms with Gasteiger partial charge in [-0.15, -0.1) is 0 Å². The Hall–Kier alpha value is -1.69. The molecule has 1 aromatic heterocycles. The third kappa shape index (κ3) is 4.48. The highest BCUT2D eigenvalue weighted by molar-refractivity contribution is 6.41. The maximum Gasteiger partial charge on any atom is 0.677 e. The van der Waals surface area contributed by atoms with Gasteiger partial charge in [0, 0.05) is 22.7 Å². The number of rotatable bonds is 8. The van der Waals surface area contributed by atoms with Crippen LogP contribution in [0.1, 0.15) is 62.9 Å². The smallest absolute Gasteiger partial charge is 0.330 e. The van der Waals surface area contributed by atoms with Gasteiger partial charge in [0.25, 0.3) is 0 Å². The van der Waals surface area contributed by atoms with Gasteiger partial charge in [0.1, 0.15) is 0 Å². The minimum absolute atomic E-state index is 0.587. The van der Waals surface area contributed by atoms with Crippen molar-refractivity contribution in [3.05, 3.63) is 40.4 Å². The van der Waals surface area contributed by atoms with Crippen LogP contribution in [0.4, 0.5) is 8.63 Å². The maximum atomic E-state index is 13.7. The summed E-state index contributed by atoms with van der Waals surface area (Å²) >= 11 is 0. The molecular weight excluding hydrogens is 319 g/mol. The number of aryl methyl sites for hydroxylation is 2. The van der Waals surface area contributed by atoms with E-state index in [1.54, 1.807) is 6.92 Å². The average molecular weight is 347 g/mol. The number of allylic oxidation sites excluding steroid dienone is 3. The van der Waals surface area contributed by atoms with E-state index < -0.39 is 7.40 Å². The zero-order chi connectivity index (χ0) is 18.6. The Bertz CT molecular complexity index is 714. The van der Waals surface area contributed by atoms with Gasteiger partial charge in [-0.3, -0.25) is 13.6 Å². The number of nitrogens with two attached hydrogens (primary N) is 1. The molecule has 3 nitrogen and oxygen atoms in total. The van der Waals surface area contributed by atoms with Crippen LogP contribution in [0.5, 0.6) is 0 Å². The predicted molar refractivity (Wildman–Crippen MR) is 103 cm³/mol. The molecule has 0 aliphatic carbocycles.